The van der Waals surface area contributed by atoms with Gasteiger partial charge in [0, 0.05) is 17.6 Å². The summed E-state index contributed by atoms with van der Waals surface area (Å²) < 4.78 is 2.33. The maximum atomic E-state index is 4.39. The fraction of sp³-hybridized carbons (Fsp3) is 0.750. The van der Waals surface area contributed by atoms with Gasteiger partial charge in [0.2, 0.25) is 0 Å². The molecule has 1 aliphatic carbocycles. The summed E-state index contributed by atoms with van der Waals surface area (Å²) in [6.45, 7) is 2.38. The number of rotatable bonds is 2. The topological polar surface area (TPSA) is 17.8 Å². The van der Waals surface area contributed by atoms with Gasteiger partial charge in [-0.05, 0) is 18.8 Å². The summed E-state index contributed by atoms with van der Waals surface area (Å²) in [6, 6.07) is 0.674. The van der Waals surface area contributed by atoms with Gasteiger partial charge in [-0.1, -0.05) is 42.1 Å². The van der Waals surface area contributed by atoms with Crippen molar-refractivity contribution in [3.63, 3.8) is 0 Å². The molecule has 2 atom stereocenters. The van der Waals surface area contributed by atoms with Crippen LogP contribution in [0.3, 0.4) is 0 Å². The van der Waals surface area contributed by atoms with Crippen molar-refractivity contribution in [2.24, 2.45) is 5.92 Å². The molecule has 1 aliphatic rings. The average molecular weight is 271 g/mol. The van der Waals surface area contributed by atoms with Crippen molar-refractivity contribution < 1.29 is 0 Å². The van der Waals surface area contributed by atoms with E-state index in [9.17, 15) is 0 Å². The average Bonchev–Trinajstić information content (AvgIpc) is 2.62. The SMILES string of the molecule is CC1CCCCCC1n1cnc(CBr)c1. The van der Waals surface area contributed by atoms with Crippen LogP contribution in [-0.2, 0) is 5.33 Å². The van der Waals surface area contributed by atoms with Crippen LogP contribution in [0.2, 0.25) is 0 Å². The van der Waals surface area contributed by atoms with E-state index in [1.807, 2.05) is 6.33 Å². The molecule has 2 unspecified atom stereocenters. The third kappa shape index (κ3) is 2.63. The van der Waals surface area contributed by atoms with Crippen molar-refractivity contribution in [3.8, 4) is 0 Å². The van der Waals surface area contributed by atoms with E-state index >= 15 is 0 Å². The second kappa shape index (κ2) is 5.15. The standard InChI is InChI=1S/C12H19BrN2/c1-10-5-3-2-4-6-12(10)15-8-11(7-13)14-9-15/h8-10,12H,2-7H2,1H3. The molecule has 0 spiro atoms. The van der Waals surface area contributed by atoms with E-state index < -0.39 is 0 Å². The van der Waals surface area contributed by atoms with Crippen LogP contribution in [0.25, 0.3) is 0 Å². The molecule has 0 aromatic carbocycles. The van der Waals surface area contributed by atoms with Crippen LogP contribution in [0.4, 0.5) is 0 Å². The minimum absolute atomic E-state index is 0.674. The van der Waals surface area contributed by atoms with Crippen molar-refractivity contribution in [2.45, 2.75) is 50.4 Å². The largest absolute Gasteiger partial charge is 0.334 e. The second-order valence-electron chi connectivity index (χ2n) is 4.63. The molecule has 0 amide bonds. The molecule has 1 saturated carbocycles. The van der Waals surface area contributed by atoms with Gasteiger partial charge >= 0.3 is 0 Å². The normalized spacial score (nSPS) is 27.6. The van der Waals surface area contributed by atoms with E-state index in [1.165, 1.54) is 32.1 Å². The van der Waals surface area contributed by atoms with Crippen LogP contribution in [0.15, 0.2) is 12.5 Å². The lowest BCUT2D eigenvalue weighted by molar-refractivity contribution is 0.333. The summed E-state index contributed by atoms with van der Waals surface area (Å²) in [7, 11) is 0. The first-order chi connectivity index (χ1) is 7.31. The first-order valence-electron chi connectivity index (χ1n) is 5.89. The lowest BCUT2D eigenvalue weighted by atomic mass is 9.97. The predicted molar refractivity (Wildman–Crippen MR) is 66.1 cm³/mol. The first kappa shape index (κ1) is 11.2. The third-order valence-corrected chi connectivity index (χ3v) is 4.07. The highest BCUT2D eigenvalue weighted by molar-refractivity contribution is 9.08. The zero-order valence-electron chi connectivity index (χ0n) is 9.32. The Morgan fingerprint density at radius 1 is 1.40 bits per heavy atom. The second-order valence-corrected chi connectivity index (χ2v) is 5.19. The van der Waals surface area contributed by atoms with Crippen molar-refractivity contribution in [2.75, 3.05) is 0 Å². The molecule has 0 saturated heterocycles. The van der Waals surface area contributed by atoms with Crippen LogP contribution in [-0.4, -0.2) is 9.55 Å². The van der Waals surface area contributed by atoms with Crippen LogP contribution in [0.5, 0.6) is 0 Å². The van der Waals surface area contributed by atoms with E-state index in [-0.39, 0.29) is 0 Å². The highest BCUT2D eigenvalue weighted by Crippen LogP contribution is 2.32. The molecule has 2 rings (SSSR count). The quantitative estimate of drug-likeness (QED) is 0.589. The Labute approximate surface area is 100 Å². The Kier molecular flexibility index (Phi) is 3.84. The molecule has 1 aromatic heterocycles. The van der Waals surface area contributed by atoms with Gasteiger partial charge in [0.15, 0.2) is 0 Å². The molecule has 84 valence electrons. The molecule has 0 N–H and O–H groups in total. The first-order valence-corrected chi connectivity index (χ1v) is 7.01. The number of aromatic nitrogens is 2. The molecular weight excluding hydrogens is 252 g/mol. The number of imidazole rings is 1. The van der Waals surface area contributed by atoms with Gasteiger partial charge in [-0.15, -0.1) is 0 Å². The summed E-state index contributed by atoms with van der Waals surface area (Å²) in [5.74, 6) is 0.796. The molecule has 1 aromatic rings. The van der Waals surface area contributed by atoms with Crippen molar-refractivity contribution in [1.82, 2.24) is 9.55 Å². The lowest BCUT2D eigenvalue weighted by Crippen LogP contribution is -2.14. The van der Waals surface area contributed by atoms with Gasteiger partial charge < -0.3 is 4.57 Å². The molecule has 2 nitrogen and oxygen atoms in total. The van der Waals surface area contributed by atoms with Crippen molar-refractivity contribution >= 4 is 15.9 Å². The van der Waals surface area contributed by atoms with E-state index in [0.717, 1.165) is 16.9 Å². The highest BCUT2D eigenvalue weighted by Gasteiger charge is 2.21. The molecule has 1 fully saturated rings. The van der Waals surface area contributed by atoms with Gasteiger partial charge in [0.1, 0.15) is 0 Å². The van der Waals surface area contributed by atoms with E-state index in [0.29, 0.717) is 6.04 Å². The van der Waals surface area contributed by atoms with Crippen LogP contribution < -0.4 is 0 Å². The molecule has 0 bridgehead atoms. The monoisotopic (exact) mass is 270 g/mol. The van der Waals surface area contributed by atoms with Gasteiger partial charge in [-0.25, -0.2) is 4.98 Å². The van der Waals surface area contributed by atoms with Crippen LogP contribution in [0.1, 0.15) is 50.8 Å². The zero-order chi connectivity index (χ0) is 10.7. The van der Waals surface area contributed by atoms with Crippen molar-refractivity contribution in [1.29, 1.82) is 0 Å². The smallest absolute Gasteiger partial charge is 0.0952 e. The molecular formula is C12H19BrN2. The molecule has 0 radical (unpaired) electrons. The summed E-state index contributed by atoms with van der Waals surface area (Å²) >= 11 is 3.45. The van der Waals surface area contributed by atoms with Gasteiger partial charge in [0.05, 0.1) is 12.0 Å². The number of alkyl halides is 1. The van der Waals surface area contributed by atoms with Gasteiger partial charge in [0.25, 0.3) is 0 Å². The fourth-order valence-corrected chi connectivity index (χ4v) is 2.84. The maximum Gasteiger partial charge on any atom is 0.0952 e. The summed E-state index contributed by atoms with van der Waals surface area (Å²) in [4.78, 5) is 4.39. The number of halogens is 1. The minimum atomic E-state index is 0.674. The van der Waals surface area contributed by atoms with E-state index in [2.05, 4.69) is 38.6 Å². The Balaban J connectivity index is 2.12. The summed E-state index contributed by atoms with van der Waals surface area (Å²) in [6.07, 6.45) is 11.1. The number of hydrogen-bond acceptors (Lipinski definition) is 1. The Morgan fingerprint density at radius 3 is 2.93 bits per heavy atom. The third-order valence-electron chi connectivity index (χ3n) is 3.49. The maximum absolute atomic E-state index is 4.39. The van der Waals surface area contributed by atoms with Gasteiger partial charge in [-0.3, -0.25) is 0 Å². The van der Waals surface area contributed by atoms with E-state index in [1.54, 1.807) is 0 Å². The zero-order valence-corrected chi connectivity index (χ0v) is 10.9. The highest BCUT2D eigenvalue weighted by atomic mass is 79.9. The van der Waals surface area contributed by atoms with Crippen LogP contribution >= 0.6 is 15.9 Å². The molecule has 1 heterocycles. The Morgan fingerprint density at radius 2 is 2.20 bits per heavy atom. The van der Waals surface area contributed by atoms with Gasteiger partial charge in [-0.2, -0.15) is 0 Å². The molecule has 0 aliphatic heterocycles. The summed E-state index contributed by atoms with van der Waals surface area (Å²) in [5.41, 5.74) is 1.14. The summed E-state index contributed by atoms with van der Waals surface area (Å²) in [5, 5.41) is 0.862. The lowest BCUT2D eigenvalue weighted by Gasteiger charge is -2.22. The Bertz CT molecular complexity index is 308. The fourth-order valence-electron chi connectivity index (χ4n) is 2.55. The Hall–Kier alpha value is -0.310. The molecule has 15 heavy (non-hydrogen) atoms. The molecule has 3 heteroatoms. The predicted octanol–water partition coefficient (Wildman–Crippen LogP) is 3.92. The number of hydrogen-bond donors (Lipinski definition) is 0. The van der Waals surface area contributed by atoms with E-state index in [4.69, 9.17) is 0 Å². The minimum Gasteiger partial charge on any atom is -0.334 e. The van der Waals surface area contributed by atoms with Crippen LogP contribution in [0, 0.1) is 5.92 Å². The van der Waals surface area contributed by atoms with Crippen molar-refractivity contribution in [3.05, 3.63) is 18.2 Å². The number of nitrogens with zero attached hydrogens (tertiary/aromatic N) is 2.